The Bertz CT molecular complexity index is 1180. The lowest BCUT2D eigenvalue weighted by atomic mass is 10.1. The van der Waals surface area contributed by atoms with Crippen molar-refractivity contribution < 1.29 is 4.79 Å². The van der Waals surface area contributed by atoms with Crippen LogP contribution in [-0.2, 0) is 13.0 Å². The van der Waals surface area contributed by atoms with Gasteiger partial charge < -0.3 is 10.3 Å². The lowest BCUT2D eigenvalue weighted by molar-refractivity contribution is 0.0949. The number of thiophene rings is 1. The fourth-order valence-corrected chi connectivity index (χ4v) is 4.18. The zero-order valence-electron chi connectivity index (χ0n) is 17.2. The standard InChI is InChI=1S/C21H22ClN7OS/c1-3-4-6-17-14(20(30)23-11-16-13(2)25-12-26-16)9-27-29(17)21-24-10-15(22)19(28-21)18-7-5-8-31-18/h5,7-10,12H,3-4,6,11H2,1-2H3,(H,23,30)(H,25,26). The highest BCUT2D eigenvalue weighted by molar-refractivity contribution is 7.13. The van der Waals surface area contributed by atoms with Gasteiger partial charge in [-0.1, -0.05) is 31.0 Å². The summed E-state index contributed by atoms with van der Waals surface area (Å²) in [4.78, 5) is 30.1. The van der Waals surface area contributed by atoms with Gasteiger partial charge in [0.1, 0.15) is 5.69 Å². The molecule has 160 valence electrons. The first-order valence-corrected chi connectivity index (χ1v) is 11.2. The van der Waals surface area contributed by atoms with Crippen LogP contribution in [0.25, 0.3) is 16.5 Å². The number of nitrogens with one attached hydrogen (secondary N) is 2. The summed E-state index contributed by atoms with van der Waals surface area (Å²) in [6.07, 6.45) is 7.35. The fraction of sp³-hybridized carbons (Fsp3) is 0.286. The number of hydrogen-bond acceptors (Lipinski definition) is 6. The SMILES string of the molecule is CCCCc1c(C(=O)NCc2[nH]cnc2C)cnn1-c1ncc(Cl)c(-c2cccs2)n1. The van der Waals surface area contributed by atoms with Gasteiger partial charge in [-0.3, -0.25) is 4.79 Å². The average Bonchev–Trinajstić information content (AvgIpc) is 3.52. The number of nitrogens with zero attached hydrogens (tertiary/aromatic N) is 5. The number of amides is 1. The van der Waals surface area contributed by atoms with Crippen molar-refractivity contribution in [2.24, 2.45) is 0 Å². The molecular weight excluding hydrogens is 434 g/mol. The summed E-state index contributed by atoms with van der Waals surface area (Å²) >= 11 is 7.89. The fourth-order valence-electron chi connectivity index (χ4n) is 3.20. The number of halogens is 1. The van der Waals surface area contributed by atoms with Gasteiger partial charge in [-0.15, -0.1) is 11.3 Å². The molecule has 0 aliphatic carbocycles. The van der Waals surface area contributed by atoms with Crippen LogP contribution in [0, 0.1) is 6.92 Å². The van der Waals surface area contributed by atoms with E-state index in [0.717, 1.165) is 34.8 Å². The van der Waals surface area contributed by atoms with Gasteiger partial charge in [0.25, 0.3) is 11.9 Å². The summed E-state index contributed by atoms with van der Waals surface area (Å²) in [6, 6.07) is 3.91. The van der Waals surface area contributed by atoms with Gasteiger partial charge in [-0.25, -0.2) is 19.6 Å². The van der Waals surface area contributed by atoms with E-state index in [1.165, 1.54) is 0 Å². The average molecular weight is 456 g/mol. The van der Waals surface area contributed by atoms with E-state index in [9.17, 15) is 4.79 Å². The third kappa shape index (κ3) is 4.52. The molecule has 4 aromatic heterocycles. The lowest BCUT2D eigenvalue weighted by Gasteiger charge is -2.10. The molecule has 0 unspecified atom stereocenters. The second-order valence-electron chi connectivity index (χ2n) is 7.01. The molecule has 1 amide bonds. The highest BCUT2D eigenvalue weighted by atomic mass is 35.5. The second-order valence-corrected chi connectivity index (χ2v) is 8.37. The van der Waals surface area contributed by atoms with Crippen molar-refractivity contribution in [3.8, 4) is 16.5 Å². The maximum atomic E-state index is 12.9. The van der Waals surface area contributed by atoms with E-state index in [1.807, 2.05) is 24.4 Å². The van der Waals surface area contributed by atoms with Gasteiger partial charge in [0, 0.05) is 0 Å². The number of aryl methyl sites for hydroxylation is 1. The van der Waals surface area contributed by atoms with Crippen molar-refractivity contribution in [1.29, 1.82) is 0 Å². The van der Waals surface area contributed by atoms with Crippen LogP contribution in [0.3, 0.4) is 0 Å². The Kier molecular flexibility index (Phi) is 6.43. The molecule has 0 bridgehead atoms. The molecule has 8 nitrogen and oxygen atoms in total. The Hall–Kier alpha value is -3.04. The molecule has 0 saturated carbocycles. The zero-order valence-corrected chi connectivity index (χ0v) is 18.8. The number of hydrogen-bond donors (Lipinski definition) is 2. The van der Waals surface area contributed by atoms with Crippen molar-refractivity contribution in [3.05, 3.63) is 63.9 Å². The van der Waals surface area contributed by atoms with Crippen LogP contribution in [0.1, 0.15) is 47.2 Å². The number of carbonyl (C=O) groups excluding carboxylic acids is 1. The molecular formula is C21H22ClN7OS. The molecule has 0 fully saturated rings. The monoisotopic (exact) mass is 455 g/mol. The molecule has 4 heterocycles. The van der Waals surface area contributed by atoms with Gasteiger partial charge in [0.2, 0.25) is 0 Å². The normalized spacial score (nSPS) is 11.1. The van der Waals surface area contributed by atoms with Gasteiger partial charge in [0.15, 0.2) is 0 Å². The molecule has 2 N–H and O–H groups in total. The summed E-state index contributed by atoms with van der Waals surface area (Å²) in [5.41, 5.74) is 3.68. The third-order valence-electron chi connectivity index (χ3n) is 4.92. The van der Waals surface area contributed by atoms with Crippen LogP contribution in [-0.4, -0.2) is 35.6 Å². The summed E-state index contributed by atoms with van der Waals surface area (Å²) in [6.45, 7) is 4.37. The Balaban J connectivity index is 1.66. The van der Waals surface area contributed by atoms with Crippen molar-refractivity contribution >= 4 is 28.8 Å². The molecule has 10 heteroatoms. The molecule has 0 radical (unpaired) electrons. The summed E-state index contributed by atoms with van der Waals surface area (Å²) in [5.74, 6) is 0.196. The van der Waals surface area contributed by atoms with Crippen molar-refractivity contribution in [2.45, 2.75) is 39.7 Å². The van der Waals surface area contributed by atoms with E-state index in [4.69, 9.17) is 11.6 Å². The molecule has 0 saturated heterocycles. The highest BCUT2D eigenvalue weighted by Gasteiger charge is 2.21. The van der Waals surface area contributed by atoms with Crippen molar-refractivity contribution in [2.75, 3.05) is 0 Å². The Labute approximate surface area is 188 Å². The van der Waals surface area contributed by atoms with Crippen molar-refractivity contribution in [1.82, 2.24) is 35.0 Å². The van der Waals surface area contributed by atoms with Crippen LogP contribution in [0.2, 0.25) is 5.02 Å². The quantitative estimate of drug-likeness (QED) is 0.411. The molecule has 0 aliphatic rings. The van der Waals surface area contributed by atoms with E-state index >= 15 is 0 Å². The first-order chi connectivity index (χ1) is 15.1. The van der Waals surface area contributed by atoms with Gasteiger partial charge in [-0.05, 0) is 31.2 Å². The molecule has 0 atom stereocenters. The molecule has 0 aliphatic heterocycles. The second kappa shape index (κ2) is 9.40. The summed E-state index contributed by atoms with van der Waals surface area (Å²) in [5, 5.41) is 9.83. The van der Waals surface area contributed by atoms with Crippen LogP contribution in [0.15, 0.2) is 36.2 Å². The summed E-state index contributed by atoms with van der Waals surface area (Å²) < 4.78 is 1.64. The number of rotatable bonds is 8. The Morgan fingerprint density at radius 1 is 1.32 bits per heavy atom. The van der Waals surface area contributed by atoms with Gasteiger partial charge in [0.05, 0.1) is 57.8 Å². The van der Waals surface area contributed by atoms with Crippen LogP contribution < -0.4 is 5.32 Å². The van der Waals surface area contributed by atoms with E-state index < -0.39 is 0 Å². The number of imidazole rings is 1. The van der Waals surface area contributed by atoms with Crippen LogP contribution in [0.5, 0.6) is 0 Å². The maximum Gasteiger partial charge on any atom is 0.255 e. The number of H-pyrrole nitrogens is 1. The predicted molar refractivity (Wildman–Crippen MR) is 121 cm³/mol. The first kappa shape index (κ1) is 21.2. The minimum Gasteiger partial charge on any atom is -0.347 e. The smallest absolute Gasteiger partial charge is 0.255 e. The van der Waals surface area contributed by atoms with E-state index in [2.05, 4.69) is 37.3 Å². The number of carbonyl (C=O) groups is 1. The van der Waals surface area contributed by atoms with Gasteiger partial charge in [-0.2, -0.15) is 5.10 Å². The molecule has 0 aromatic carbocycles. The van der Waals surface area contributed by atoms with Crippen molar-refractivity contribution in [3.63, 3.8) is 0 Å². The first-order valence-electron chi connectivity index (χ1n) is 9.99. The molecule has 31 heavy (non-hydrogen) atoms. The van der Waals surface area contributed by atoms with E-state index in [-0.39, 0.29) is 5.91 Å². The largest absolute Gasteiger partial charge is 0.347 e. The topological polar surface area (TPSA) is 101 Å². The number of unbranched alkanes of at least 4 members (excludes halogenated alkanes) is 1. The van der Waals surface area contributed by atoms with Crippen LogP contribution >= 0.6 is 22.9 Å². The number of aromatic amines is 1. The third-order valence-corrected chi connectivity index (χ3v) is 6.07. The minimum absolute atomic E-state index is 0.196. The van der Waals surface area contributed by atoms with E-state index in [0.29, 0.717) is 35.2 Å². The predicted octanol–water partition coefficient (Wildman–Crippen LogP) is 4.35. The van der Waals surface area contributed by atoms with Crippen LogP contribution in [0.4, 0.5) is 0 Å². The van der Waals surface area contributed by atoms with Gasteiger partial charge >= 0.3 is 0 Å². The Morgan fingerprint density at radius 2 is 2.19 bits per heavy atom. The molecule has 0 spiro atoms. The van der Waals surface area contributed by atoms with E-state index in [1.54, 1.807) is 34.7 Å². The molecule has 4 rings (SSSR count). The zero-order chi connectivity index (χ0) is 21.8. The number of aromatic nitrogens is 6. The molecule has 4 aromatic rings. The highest BCUT2D eigenvalue weighted by Crippen LogP contribution is 2.29. The lowest BCUT2D eigenvalue weighted by Crippen LogP contribution is -2.24. The Morgan fingerprint density at radius 3 is 2.90 bits per heavy atom. The summed E-state index contributed by atoms with van der Waals surface area (Å²) in [7, 11) is 0. The maximum absolute atomic E-state index is 12.9. The minimum atomic E-state index is -0.196.